The molecule has 1 rings (SSSR count). The SMILES string of the molecule is C=C/C=C\C(=C/C=C)CC.CC.CC.CC(=O)c1ccccc1. The van der Waals surface area contributed by atoms with Gasteiger partial charge < -0.3 is 0 Å². The zero-order chi connectivity index (χ0) is 18.5. The summed E-state index contributed by atoms with van der Waals surface area (Å²) in [5.74, 6) is 0.121. The van der Waals surface area contributed by atoms with Crippen LogP contribution in [0.4, 0.5) is 0 Å². The first-order valence-corrected chi connectivity index (χ1v) is 8.32. The van der Waals surface area contributed by atoms with Crippen molar-refractivity contribution in [3.8, 4) is 0 Å². The number of carbonyl (C=O) groups excluding carboxylic acids is 1. The van der Waals surface area contributed by atoms with Gasteiger partial charge in [0.2, 0.25) is 0 Å². The van der Waals surface area contributed by atoms with Gasteiger partial charge in [-0.3, -0.25) is 4.79 Å². The normalized spacial score (nSPS) is 9.22. The molecule has 128 valence electrons. The van der Waals surface area contributed by atoms with E-state index in [1.165, 1.54) is 5.57 Å². The molecule has 0 bridgehead atoms. The molecule has 0 N–H and O–H groups in total. The molecule has 0 aliphatic rings. The van der Waals surface area contributed by atoms with Crippen LogP contribution in [0.5, 0.6) is 0 Å². The highest BCUT2D eigenvalue weighted by Gasteiger charge is 1.92. The van der Waals surface area contributed by atoms with Gasteiger partial charge in [-0.2, -0.15) is 0 Å². The maximum atomic E-state index is 10.6. The third-order valence-electron chi connectivity index (χ3n) is 2.37. The van der Waals surface area contributed by atoms with E-state index in [2.05, 4.69) is 20.1 Å². The fraction of sp³-hybridized carbons (Fsp3) is 0.318. The average Bonchev–Trinajstić information content (AvgIpc) is 2.63. The lowest BCUT2D eigenvalue weighted by atomic mass is 10.2. The first-order chi connectivity index (χ1) is 11.2. The van der Waals surface area contributed by atoms with Crippen LogP contribution in [-0.4, -0.2) is 5.78 Å². The summed E-state index contributed by atoms with van der Waals surface area (Å²) in [6.45, 7) is 18.9. The van der Waals surface area contributed by atoms with Crippen molar-refractivity contribution < 1.29 is 4.79 Å². The fourth-order valence-corrected chi connectivity index (χ4v) is 1.31. The highest BCUT2D eigenvalue weighted by atomic mass is 16.1. The van der Waals surface area contributed by atoms with Crippen molar-refractivity contribution in [1.29, 1.82) is 0 Å². The molecule has 0 atom stereocenters. The summed E-state index contributed by atoms with van der Waals surface area (Å²) in [4.78, 5) is 10.6. The molecule has 0 fully saturated rings. The molecular weight excluding hydrogens is 280 g/mol. The lowest BCUT2D eigenvalue weighted by Crippen LogP contribution is -1.88. The van der Waals surface area contributed by atoms with Crippen molar-refractivity contribution in [3.05, 3.63) is 85.0 Å². The van der Waals surface area contributed by atoms with Crippen LogP contribution >= 0.6 is 0 Å². The number of rotatable bonds is 5. The largest absolute Gasteiger partial charge is 0.295 e. The average molecular weight is 315 g/mol. The molecule has 0 amide bonds. The summed E-state index contributed by atoms with van der Waals surface area (Å²) in [6, 6.07) is 9.23. The number of benzene rings is 1. The quantitative estimate of drug-likeness (QED) is 0.415. The number of allylic oxidation sites excluding steroid dienone is 6. The monoisotopic (exact) mass is 314 g/mol. The molecule has 0 aliphatic carbocycles. The molecule has 1 aromatic rings. The van der Waals surface area contributed by atoms with Gasteiger partial charge in [-0.1, -0.05) is 108 Å². The van der Waals surface area contributed by atoms with E-state index >= 15 is 0 Å². The molecule has 1 nitrogen and oxygen atoms in total. The van der Waals surface area contributed by atoms with Crippen molar-refractivity contribution in [2.75, 3.05) is 0 Å². The van der Waals surface area contributed by atoms with Crippen LogP contribution in [-0.2, 0) is 0 Å². The molecule has 23 heavy (non-hydrogen) atoms. The van der Waals surface area contributed by atoms with Crippen molar-refractivity contribution in [2.45, 2.75) is 48.0 Å². The maximum absolute atomic E-state index is 10.6. The Bertz CT molecular complexity index is 450. The summed E-state index contributed by atoms with van der Waals surface area (Å²) in [6.07, 6.45) is 10.6. The number of hydrogen-bond donors (Lipinski definition) is 0. The smallest absolute Gasteiger partial charge is 0.159 e. The Hall–Kier alpha value is -2.15. The number of ketones is 1. The van der Waals surface area contributed by atoms with E-state index in [4.69, 9.17) is 0 Å². The van der Waals surface area contributed by atoms with E-state index < -0.39 is 0 Å². The molecule has 0 saturated carbocycles. The molecule has 0 saturated heterocycles. The van der Waals surface area contributed by atoms with Crippen molar-refractivity contribution in [1.82, 2.24) is 0 Å². The van der Waals surface area contributed by atoms with E-state index in [1.807, 2.05) is 76.3 Å². The standard InChI is InChI=1S/C10H14.C8H8O.2C2H6/c1-4-7-9-10(6-3)8-5-2;1-7(9)8-5-3-2-4-6-8;2*1-2/h4-5,7-9H,1-2,6H2,3H3;2-6H,1H3;2*1-2H3/b9-7-,10-8-;;;. The molecule has 0 unspecified atom stereocenters. The summed E-state index contributed by atoms with van der Waals surface area (Å²) in [7, 11) is 0. The summed E-state index contributed by atoms with van der Waals surface area (Å²) in [5, 5.41) is 0. The second-order valence-electron chi connectivity index (χ2n) is 3.85. The zero-order valence-corrected chi connectivity index (χ0v) is 15.8. The second kappa shape index (κ2) is 22.1. The minimum Gasteiger partial charge on any atom is -0.295 e. The summed E-state index contributed by atoms with van der Waals surface area (Å²) in [5.41, 5.74) is 2.05. The number of Topliss-reactive ketones (excluding diaryl/α,β-unsaturated/α-hetero) is 1. The Balaban J connectivity index is -0.000000286. The van der Waals surface area contributed by atoms with Gasteiger partial charge >= 0.3 is 0 Å². The Kier molecular flexibility index (Phi) is 24.8. The fourth-order valence-electron chi connectivity index (χ4n) is 1.31. The number of carbonyl (C=O) groups is 1. The van der Waals surface area contributed by atoms with E-state index in [0.29, 0.717) is 0 Å². The Morgan fingerprint density at radius 3 is 1.83 bits per heavy atom. The van der Waals surface area contributed by atoms with Crippen LogP contribution in [0.3, 0.4) is 0 Å². The number of hydrogen-bond acceptors (Lipinski definition) is 1. The second-order valence-corrected chi connectivity index (χ2v) is 3.85. The predicted octanol–water partition coefficient (Wildman–Crippen LogP) is 7.19. The highest BCUT2D eigenvalue weighted by Crippen LogP contribution is 2.01. The minimum absolute atomic E-state index is 0.121. The van der Waals surface area contributed by atoms with Gasteiger partial charge in [0.05, 0.1) is 0 Å². The topological polar surface area (TPSA) is 17.1 Å². The van der Waals surface area contributed by atoms with E-state index in [1.54, 1.807) is 19.1 Å². The van der Waals surface area contributed by atoms with Gasteiger partial charge in [0.25, 0.3) is 0 Å². The van der Waals surface area contributed by atoms with E-state index in [9.17, 15) is 4.79 Å². The van der Waals surface area contributed by atoms with Crippen molar-refractivity contribution >= 4 is 5.78 Å². The van der Waals surface area contributed by atoms with Crippen LogP contribution in [0.1, 0.15) is 58.3 Å². The van der Waals surface area contributed by atoms with E-state index in [0.717, 1.165) is 12.0 Å². The molecule has 0 aliphatic heterocycles. The summed E-state index contributed by atoms with van der Waals surface area (Å²) >= 11 is 0. The minimum atomic E-state index is 0.121. The highest BCUT2D eigenvalue weighted by molar-refractivity contribution is 5.93. The third-order valence-corrected chi connectivity index (χ3v) is 2.37. The molecule has 0 heterocycles. The first-order valence-electron chi connectivity index (χ1n) is 8.32. The molecule has 0 radical (unpaired) electrons. The Labute approximate surface area is 144 Å². The Morgan fingerprint density at radius 1 is 1.00 bits per heavy atom. The van der Waals surface area contributed by atoms with Crippen LogP contribution in [0, 0.1) is 0 Å². The van der Waals surface area contributed by atoms with Crippen molar-refractivity contribution in [3.63, 3.8) is 0 Å². The molecule has 1 heteroatoms. The molecule has 0 spiro atoms. The van der Waals surface area contributed by atoms with Crippen LogP contribution in [0.2, 0.25) is 0 Å². The van der Waals surface area contributed by atoms with Crippen LogP contribution in [0.25, 0.3) is 0 Å². The van der Waals surface area contributed by atoms with Crippen LogP contribution < -0.4 is 0 Å². The van der Waals surface area contributed by atoms with Gasteiger partial charge in [-0.25, -0.2) is 0 Å². The Morgan fingerprint density at radius 2 is 1.52 bits per heavy atom. The molecular formula is C22H34O. The summed E-state index contributed by atoms with van der Waals surface area (Å²) < 4.78 is 0. The first kappa shape index (κ1) is 25.8. The van der Waals surface area contributed by atoms with Gasteiger partial charge in [-0.15, -0.1) is 0 Å². The van der Waals surface area contributed by atoms with Gasteiger partial charge in [-0.05, 0) is 18.9 Å². The van der Waals surface area contributed by atoms with Crippen LogP contribution in [0.15, 0.2) is 79.4 Å². The third kappa shape index (κ3) is 17.8. The van der Waals surface area contributed by atoms with Crippen molar-refractivity contribution in [2.24, 2.45) is 0 Å². The lowest BCUT2D eigenvalue weighted by Gasteiger charge is -1.91. The van der Waals surface area contributed by atoms with Gasteiger partial charge in [0.1, 0.15) is 0 Å². The lowest BCUT2D eigenvalue weighted by molar-refractivity contribution is 0.101. The van der Waals surface area contributed by atoms with Gasteiger partial charge in [0, 0.05) is 5.56 Å². The molecule has 1 aromatic carbocycles. The zero-order valence-electron chi connectivity index (χ0n) is 15.8. The predicted molar refractivity (Wildman–Crippen MR) is 107 cm³/mol. The maximum Gasteiger partial charge on any atom is 0.159 e. The molecule has 0 aromatic heterocycles. The van der Waals surface area contributed by atoms with E-state index in [-0.39, 0.29) is 5.78 Å². The van der Waals surface area contributed by atoms with Gasteiger partial charge in [0.15, 0.2) is 5.78 Å².